The quantitative estimate of drug-likeness (QED) is 0.487. The zero-order valence-electron chi connectivity index (χ0n) is 5.11. The molecule has 2 nitrogen and oxygen atoms in total. The van der Waals surface area contributed by atoms with Gasteiger partial charge in [-0.25, -0.2) is 0 Å². The fourth-order valence-electron chi connectivity index (χ4n) is 0.744. The molecule has 0 aromatic heterocycles. The SMILES string of the molecule is CC1(N)CNCCS1. The van der Waals surface area contributed by atoms with Crippen molar-refractivity contribution in [2.24, 2.45) is 5.73 Å². The summed E-state index contributed by atoms with van der Waals surface area (Å²) in [6.45, 7) is 4.11. The molecule has 0 spiro atoms. The van der Waals surface area contributed by atoms with Crippen molar-refractivity contribution in [3.8, 4) is 0 Å². The van der Waals surface area contributed by atoms with Crippen molar-refractivity contribution >= 4 is 11.8 Å². The molecule has 1 saturated heterocycles. The minimum Gasteiger partial charge on any atom is -0.316 e. The molecule has 1 rings (SSSR count). The molecule has 3 heteroatoms. The topological polar surface area (TPSA) is 38.0 Å². The minimum atomic E-state index is -0.0156. The maximum Gasteiger partial charge on any atom is 0.0718 e. The van der Waals surface area contributed by atoms with Crippen LogP contribution in [0.1, 0.15) is 6.92 Å². The summed E-state index contributed by atoms with van der Waals surface area (Å²) < 4.78 is 0. The highest BCUT2D eigenvalue weighted by molar-refractivity contribution is 8.00. The standard InChI is InChI=1S/C5H12N2S/c1-5(6)4-7-2-3-8-5/h7H,2-4,6H2,1H3. The first-order valence-corrected chi connectivity index (χ1v) is 3.83. The van der Waals surface area contributed by atoms with Crippen LogP contribution in [0.5, 0.6) is 0 Å². The first-order chi connectivity index (χ1) is 3.71. The molecular weight excluding hydrogens is 120 g/mol. The van der Waals surface area contributed by atoms with Crippen LogP contribution in [0.4, 0.5) is 0 Å². The second kappa shape index (κ2) is 2.25. The number of hydrogen-bond acceptors (Lipinski definition) is 3. The molecule has 0 bridgehead atoms. The maximum absolute atomic E-state index is 5.78. The van der Waals surface area contributed by atoms with Gasteiger partial charge in [-0.15, -0.1) is 11.8 Å². The van der Waals surface area contributed by atoms with Crippen molar-refractivity contribution < 1.29 is 0 Å². The lowest BCUT2D eigenvalue weighted by Gasteiger charge is -2.28. The smallest absolute Gasteiger partial charge is 0.0718 e. The Labute approximate surface area is 54.2 Å². The van der Waals surface area contributed by atoms with E-state index in [-0.39, 0.29) is 4.87 Å². The van der Waals surface area contributed by atoms with Gasteiger partial charge >= 0.3 is 0 Å². The van der Waals surface area contributed by atoms with Crippen LogP contribution in [0, 0.1) is 0 Å². The summed E-state index contributed by atoms with van der Waals surface area (Å²) in [4.78, 5) is -0.0156. The average Bonchev–Trinajstić information content (AvgIpc) is 1.65. The van der Waals surface area contributed by atoms with Crippen LogP contribution in [0.15, 0.2) is 0 Å². The van der Waals surface area contributed by atoms with E-state index in [2.05, 4.69) is 12.2 Å². The zero-order chi connectivity index (χ0) is 6.04. The van der Waals surface area contributed by atoms with Gasteiger partial charge in [0.25, 0.3) is 0 Å². The Morgan fingerprint density at radius 2 is 2.50 bits per heavy atom. The van der Waals surface area contributed by atoms with E-state index in [4.69, 9.17) is 5.73 Å². The second-order valence-corrected chi connectivity index (χ2v) is 3.97. The van der Waals surface area contributed by atoms with Crippen LogP contribution in [-0.4, -0.2) is 23.7 Å². The lowest BCUT2D eigenvalue weighted by atomic mass is 10.3. The molecular formula is C5H12N2S. The van der Waals surface area contributed by atoms with E-state index in [0.29, 0.717) is 0 Å². The van der Waals surface area contributed by atoms with Crippen molar-refractivity contribution in [2.75, 3.05) is 18.8 Å². The first-order valence-electron chi connectivity index (χ1n) is 2.84. The van der Waals surface area contributed by atoms with Crippen molar-refractivity contribution in [1.82, 2.24) is 5.32 Å². The Kier molecular flexibility index (Phi) is 1.80. The Hall–Kier alpha value is 0.270. The van der Waals surface area contributed by atoms with Gasteiger partial charge in [0.1, 0.15) is 0 Å². The number of rotatable bonds is 0. The minimum absolute atomic E-state index is 0.0156. The number of thioether (sulfide) groups is 1. The van der Waals surface area contributed by atoms with Gasteiger partial charge < -0.3 is 11.1 Å². The third kappa shape index (κ3) is 1.65. The molecule has 0 aromatic carbocycles. The molecule has 0 saturated carbocycles. The summed E-state index contributed by atoms with van der Waals surface area (Å²) in [6, 6.07) is 0. The van der Waals surface area contributed by atoms with Gasteiger partial charge in [0.2, 0.25) is 0 Å². The summed E-state index contributed by atoms with van der Waals surface area (Å²) in [5, 5.41) is 3.23. The Balaban J connectivity index is 2.33. The van der Waals surface area contributed by atoms with E-state index in [9.17, 15) is 0 Å². The molecule has 1 heterocycles. The lowest BCUT2D eigenvalue weighted by molar-refractivity contribution is 0.568. The van der Waals surface area contributed by atoms with Crippen molar-refractivity contribution in [1.29, 1.82) is 0 Å². The predicted molar refractivity (Wildman–Crippen MR) is 37.9 cm³/mol. The lowest BCUT2D eigenvalue weighted by Crippen LogP contribution is -2.47. The van der Waals surface area contributed by atoms with Crippen molar-refractivity contribution in [3.05, 3.63) is 0 Å². The van der Waals surface area contributed by atoms with Crippen LogP contribution in [0.2, 0.25) is 0 Å². The molecule has 0 aliphatic carbocycles. The number of hydrogen-bond donors (Lipinski definition) is 2. The highest BCUT2D eigenvalue weighted by Gasteiger charge is 2.20. The molecule has 1 aliphatic rings. The zero-order valence-corrected chi connectivity index (χ0v) is 5.92. The van der Waals surface area contributed by atoms with Crippen molar-refractivity contribution in [3.63, 3.8) is 0 Å². The highest BCUT2D eigenvalue weighted by atomic mass is 32.2. The molecule has 1 atom stereocenters. The van der Waals surface area contributed by atoms with Gasteiger partial charge in [-0.05, 0) is 6.92 Å². The van der Waals surface area contributed by atoms with E-state index in [1.165, 1.54) is 0 Å². The Morgan fingerprint density at radius 3 is 2.75 bits per heavy atom. The molecule has 1 aliphatic heterocycles. The third-order valence-corrected chi connectivity index (χ3v) is 2.40. The molecule has 3 N–H and O–H groups in total. The largest absolute Gasteiger partial charge is 0.316 e. The average molecular weight is 132 g/mol. The van der Waals surface area contributed by atoms with Gasteiger partial charge in [0, 0.05) is 18.8 Å². The van der Waals surface area contributed by atoms with E-state index in [1.807, 2.05) is 11.8 Å². The second-order valence-electron chi connectivity index (χ2n) is 2.34. The van der Waals surface area contributed by atoms with Gasteiger partial charge in [-0.3, -0.25) is 0 Å². The van der Waals surface area contributed by atoms with Crippen molar-refractivity contribution in [2.45, 2.75) is 11.8 Å². The first kappa shape index (κ1) is 6.39. The van der Waals surface area contributed by atoms with Crippen LogP contribution >= 0.6 is 11.8 Å². The van der Waals surface area contributed by atoms with Gasteiger partial charge in [-0.1, -0.05) is 0 Å². The molecule has 8 heavy (non-hydrogen) atoms. The molecule has 0 radical (unpaired) electrons. The molecule has 48 valence electrons. The predicted octanol–water partition coefficient (Wildman–Crippen LogP) is -0.00230. The van der Waals surface area contributed by atoms with Gasteiger partial charge in [-0.2, -0.15) is 0 Å². The summed E-state index contributed by atoms with van der Waals surface area (Å²) >= 11 is 1.84. The molecule has 1 unspecified atom stereocenters. The van der Waals surface area contributed by atoms with Crippen LogP contribution in [0.3, 0.4) is 0 Å². The molecule has 1 fully saturated rings. The van der Waals surface area contributed by atoms with Gasteiger partial charge in [0.15, 0.2) is 0 Å². The van der Waals surface area contributed by atoms with Gasteiger partial charge in [0.05, 0.1) is 4.87 Å². The fraction of sp³-hybridized carbons (Fsp3) is 1.00. The van der Waals surface area contributed by atoms with Crippen LogP contribution in [-0.2, 0) is 0 Å². The van der Waals surface area contributed by atoms with E-state index in [0.717, 1.165) is 18.8 Å². The number of nitrogens with one attached hydrogen (secondary N) is 1. The number of nitrogens with two attached hydrogens (primary N) is 1. The van der Waals surface area contributed by atoms with E-state index < -0.39 is 0 Å². The van der Waals surface area contributed by atoms with Crippen LogP contribution in [0.25, 0.3) is 0 Å². The molecule has 0 aromatic rings. The summed E-state index contributed by atoms with van der Waals surface area (Å²) in [5.41, 5.74) is 5.78. The summed E-state index contributed by atoms with van der Waals surface area (Å²) in [5.74, 6) is 1.15. The normalized spacial score (nSPS) is 39.8. The van der Waals surface area contributed by atoms with E-state index in [1.54, 1.807) is 0 Å². The maximum atomic E-state index is 5.78. The highest BCUT2D eigenvalue weighted by Crippen LogP contribution is 2.19. The monoisotopic (exact) mass is 132 g/mol. The third-order valence-electron chi connectivity index (χ3n) is 1.19. The van der Waals surface area contributed by atoms with Crippen LogP contribution < -0.4 is 11.1 Å². The Bertz CT molecular complexity index is 74.5. The summed E-state index contributed by atoms with van der Waals surface area (Å²) in [7, 11) is 0. The summed E-state index contributed by atoms with van der Waals surface area (Å²) in [6.07, 6.45) is 0. The van der Waals surface area contributed by atoms with E-state index >= 15 is 0 Å². The molecule has 0 amide bonds. The Morgan fingerprint density at radius 1 is 1.75 bits per heavy atom. The fourth-order valence-corrected chi connectivity index (χ4v) is 1.66.